The van der Waals surface area contributed by atoms with Crippen LogP contribution in [0.4, 0.5) is 11.6 Å². The second-order valence-electron chi connectivity index (χ2n) is 6.22. The fourth-order valence-corrected chi connectivity index (χ4v) is 4.33. The molecule has 0 saturated heterocycles. The third-order valence-corrected chi connectivity index (χ3v) is 5.87. The molecule has 1 aromatic heterocycles. The Hall–Kier alpha value is -2.84. The van der Waals surface area contributed by atoms with Crippen molar-refractivity contribution in [3.05, 3.63) is 58.7 Å². The van der Waals surface area contributed by atoms with E-state index in [1.165, 1.54) is 13.0 Å². The summed E-state index contributed by atoms with van der Waals surface area (Å²) in [5, 5.41) is 6.72. The first-order valence-electron chi connectivity index (χ1n) is 8.31. The Morgan fingerprint density at radius 2 is 1.86 bits per heavy atom. The number of nitrogens with zero attached hydrogens (tertiary/aromatic N) is 1. The molecule has 2 aromatic carbocycles. The Balaban J connectivity index is 2.07. The highest BCUT2D eigenvalue weighted by Gasteiger charge is 2.22. The van der Waals surface area contributed by atoms with Crippen LogP contribution in [0.3, 0.4) is 0 Å². The molecule has 1 heterocycles. The number of hydrogen-bond acceptors (Lipinski definition) is 5. The van der Waals surface area contributed by atoms with E-state index in [-0.39, 0.29) is 22.4 Å². The summed E-state index contributed by atoms with van der Waals surface area (Å²) in [5.41, 5.74) is 2.43. The standard InChI is InChI=1S/C19H18ClN3O4S/c1-11-8-9-14(18-12(2)22-27-19(18)21-13(3)24)10-17(11)28(25,26)23-16-7-5-4-6-15(16)20/h4-10,23H,1-3H3,(H,21,24). The van der Waals surface area contributed by atoms with E-state index >= 15 is 0 Å². The molecule has 0 unspecified atom stereocenters. The highest BCUT2D eigenvalue weighted by atomic mass is 35.5. The number of aromatic nitrogens is 1. The lowest BCUT2D eigenvalue weighted by Crippen LogP contribution is -2.14. The number of amides is 1. The Morgan fingerprint density at radius 3 is 2.54 bits per heavy atom. The van der Waals surface area contributed by atoms with Gasteiger partial charge in [-0.3, -0.25) is 14.8 Å². The topological polar surface area (TPSA) is 101 Å². The van der Waals surface area contributed by atoms with Gasteiger partial charge in [-0.25, -0.2) is 8.42 Å². The van der Waals surface area contributed by atoms with E-state index < -0.39 is 10.0 Å². The number of rotatable bonds is 5. The van der Waals surface area contributed by atoms with Crippen molar-refractivity contribution >= 4 is 39.1 Å². The molecule has 0 aliphatic carbocycles. The van der Waals surface area contributed by atoms with Crippen molar-refractivity contribution in [3.8, 4) is 11.1 Å². The highest BCUT2D eigenvalue weighted by Crippen LogP contribution is 2.34. The molecule has 146 valence electrons. The average molecular weight is 420 g/mol. The third kappa shape index (κ3) is 4.02. The number of hydrogen-bond donors (Lipinski definition) is 2. The molecule has 28 heavy (non-hydrogen) atoms. The predicted octanol–water partition coefficient (Wildman–Crippen LogP) is 4.37. The Morgan fingerprint density at radius 1 is 1.14 bits per heavy atom. The fraction of sp³-hybridized carbons (Fsp3) is 0.158. The van der Waals surface area contributed by atoms with Crippen LogP contribution in [0.2, 0.25) is 5.02 Å². The van der Waals surface area contributed by atoms with Crippen LogP contribution in [0.15, 0.2) is 51.9 Å². The average Bonchev–Trinajstić information content (AvgIpc) is 2.97. The number of carbonyl (C=O) groups is 1. The predicted molar refractivity (Wildman–Crippen MR) is 108 cm³/mol. The van der Waals surface area contributed by atoms with E-state index in [4.69, 9.17) is 16.1 Å². The molecule has 1 amide bonds. The molecule has 3 rings (SSSR count). The van der Waals surface area contributed by atoms with Crippen LogP contribution in [0.5, 0.6) is 0 Å². The summed E-state index contributed by atoms with van der Waals surface area (Å²) in [7, 11) is -3.90. The van der Waals surface area contributed by atoms with Crippen molar-refractivity contribution in [2.45, 2.75) is 25.7 Å². The van der Waals surface area contributed by atoms with Crippen molar-refractivity contribution in [1.82, 2.24) is 5.16 Å². The van der Waals surface area contributed by atoms with Crippen molar-refractivity contribution in [2.75, 3.05) is 10.0 Å². The number of para-hydroxylation sites is 1. The van der Waals surface area contributed by atoms with E-state index in [1.807, 2.05) is 0 Å². The number of halogens is 1. The zero-order valence-corrected chi connectivity index (χ0v) is 17.0. The van der Waals surface area contributed by atoms with Gasteiger partial charge >= 0.3 is 0 Å². The van der Waals surface area contributed by atoms with Gasteiger partial charge in [0, 0.05) is 6.92 Å². The minimum atomic E-state index is -3.90. The van der Waals surface area contributed by atoms with Crippen molar-refractivity contribution in [1.29, 1.82) is 0 Å². The summed E-state index contributed by atoms with van der Waals surface area (Å²) in [6.07, 6.45) is 0. The first kappa shape index (κ1) is 19.9. The van der Waals surface area contributed by atoms with Gasteiger partial charge in [0.05, 0.1) is 26.9 Å². The molecule has 0 bridgehead atoms. The quantitative estimate of drug-likeness (QED) is 0.639. The molecule has 3 aromatic rings. The van der Waals surface area contributed by atoms with Gasteiger partial charge in [-0.15, -0.1) is 0 Å². The number of carbonyl (C=O) groups excluding carboxylic acids is 1. The van der Waals surface area contributed by atoms with Gasteiger partial charge in [0.2, 0.25) is 11.8 Å². The zero-order valence-electron chi connectivity index (χ0n) is 15.4. The first-order chi connectivity index (χ1) is 13.2. The highest BCUT2D eigenvalue weighted by molar-refractivity contribution is 7.92. The second kappa shape index (κ2) is 7.65. The van der Waals surface area contributed by atoms with Crippen LogP contribution in [-0.2, 0) is 14.8 Å². The Bertz CT molecular complexity index is 1160. The Kier molecular flexibility index (Phi) is 5.44. The van der Waals surface area contributed by atoms with Crippen LogP contribution >= 0.6 is 11.6 Å². The summed E-state index contributed by atoms with van der Waals surface area (Å²) in [6.45, 7) is 4.75. The summed E-state index contributed by atoms with van der Waals surface area (Å²) >= 11 is 6.07. The maximum Gasteiger partial charge on any atom is 0.262 e. The van der Waals surface area contributed by atoms with Crippen LogP contribution in [0, 0.1) is 13.8 Å². The molecule has 0 fully saturated rings. The third-order valence-electron chi connectivity index (χ3n) is 4.04. The number of sulfonamides is 1. The van der Waals surface area contributed by atoms with E-state index in [2.05, 4.69) is 15.2 Å². The maximum atomic E-state index is 13.0. The summed E-state index contributed by atoms with van der Waals surface area (Å²) in [6, 6.07) is 11.5. The molecule has 7 nitrogen and oxygen atoms in total. The lowest BCUT2D eigenvalue weighted by atomic mass is 10.0. The molecule has 0 atom stereocenters. The summed E-state index contributed by atoms with van der Waals surface area (Å²) < 4.78 is 33.6. The maximum absolute atomic E-state index is 13.0. The molecule has 2 N–H and O–H groups in total. The van der Waals surface area contributed by atoms with Crippen LogP contribution in [-0.4, -0.2) is 19.5 Å². The smallest absolute Gasteiger partial charge is 0.262 e. The molecule has 9 heteroatoms. The van der Waals surface area contributed by atoms with Crippen molar-refractivity contribution < 1.29 is 17.7 Å². The van der Waals surface area contributed by atoms with Crippen molar-refractivity contribution in [3.63, 3.8) is 0 Å². The second-order valence-corrected chi connectivity index (χ2v) is 8.28. The number of anilines is 2. The van der Waals surface area contributed by atoms with Crippen LogP contribution in [0.1, 0.15) is 18.2 Å². The van der Waals surface area contributed by atoms with E-state index in [1.54, 1.807) is 50.2 Å². The molecule has 0 aliphatic rings. The minimum absolute atomic E-state index is 0.0827. The van der Waals surface area contributed by atoms with Gasteiger partial charge in [-0.05, 0) is 43.2 Å². The fourth-order valence-electron chi connectivity index (χ4n) is 2.74. The summed E-state index contributed by atoms with van der Waals surface area (Å²) in [4.78, 5) is 11.5. The largest absolute Gasteiger partial charge is 0.337 e. The lowest BCUT2D eigenvalue weighted by molar-refractivity contribution is -0.114. The normalized spacial score (nSPS) is 11.3. The van der Waals surface area contributed by atoms with Gasteiger partial charge < -0.3 is 4.52 Å². The number of benzene rings is 2. The molecule has 0 aliphatic heterocycles. The lowest BCUT2D eigenvalue weighted by Gasteiger charge is -2.13. The van der Waals surface area contributed by atoms with Crippen LogP contribution < -0.4 is 10.0 Å². The molecular formula is C19H18ClN3O4S. The van der Waals surface area contributed by atoms with Gasteiger partial charge in [-0.2, -0.15) is 0 Å². The molecule has 0 radical (unpaired) electrons. The number of aryl methyl sites for hydroxylation is 2. The van der Waals surface area contributed by atoms with E-state index in [9.17, 15) is 13.2 Å². The number of nitrogens with one attached hydrogen (secondary N) is 2. The SMILES string of the molecule is CC(=O)Nc1onc(C)c1-c1ccc(C)c(S(=O)(=O)Nc2ccccc2Cl)c1. The first-order valence-corrected chi connectivity index (χ1v) is 10.2. The molecule has 0 spiro atoms. The van der Waals surface area contributed by atoms with E-state index in [0.29, 0.717) is 27.4 Å². The van der Waals surface area contributed by atoms with Gasteiger partial charge in [0.15, 0.2) is 0 Å². The zero-order chi connectivity index (χ0) is 20.5. The molecular weight excluding hydrogens is 402 g/mol. The summed E-state index contributed by atoms with van der Waals surface area (Å²) in [5.74, 6) is -0.158. The van der Waals surface area contributed by atoms with Gasteiger partial charge in [0.1, 0.15) is 0 Å². The molecule has 0 saturated carbocycles. The monoisotopic (exact) mass is 419 g/mol. The van der Waals surface area contributed by atoms with Crippen molar-refractivity contribution in [2.24, 2.45) is 0 Å². The van der Waals surface area contributed by atoms with Gasteiger partial charge in [-0.1, -0.05) is 41.0 Å². The minimum Gasteiger partial charge on any atom is -0.337 e. The van der Waals surface area contributed by atoms with Crippen LogP contribution in [0.25, 0.3) is 11.1 Å². The Labute approximate surface area is 167 Å². The van der Waals surface area contributed by atoms with E-state index in [0.717, 1.165) is 0 Å². The van der Waals surface area contributed by atoms with Gasteiger partial charge in [0.25, 0.3) is 10.0 Å².